The quantitative estimate of drug-likeness (QED) is 0.318. The number of Topliss-reactive ketones (excluding diaryl/α,β-unsaturated/α-hetero) is 1. The maximum absolute atomic E-state index is 14.6. The van der Waals surface area contributed by atoms with Gasteiger partial charge >= 0.3 is 0 Å². The fourth-order valence-electron chi connectivity index (χ4n) is 4.34. The Kier molecular flexibility index (Phi) is 8.62. The molecule has 0 saturated carbocycles. The van der Waals surface area contributed by atoms with Crippen LogP contribution < -0.4 is 14.7 Å². The maximum Gasteiger partial charge on any atom is 0.295 e. The number of halogens is 2. The Morgan fingerprint density at radius 3 is 2.31 bits per heavy atom. The van der Waals surface area contributed by atoms with Crippen molar-refractivity contribution in [3.05, 3.63) is 70.8 Å². The van der Waals surface area contributed by atoms with E-state index in [2.05, 4.69) is 13.8 Å². The first-order valence-electron chi connectivity index (χ1n) is 12.0. The van der Waals surface area contributed by atoms with Crippen molar-refractivity contribution in [3.8, 4) is 5.75 Å². The fraction of sp³-hybridized carbons (Fsp3) is 0.407. The minimum absolute atomic E-state index is 0.00834. The van der Waals surface area contributed by atoms with E-state index in [0.717, 1.165) is 25.7 Å². The lowest BCUT2D eigenvalue weighted by Crippen LogP contribution is -3.11. The molecule has 188 valence electrons. The molecule has 0 bridgehead atoms. The van der Waals surface area contributed by atoms with Gasteiger partial charge in [-0.1, -0.05) is 24.0 Å². The van der Waals surface area contributed by atoms with E-state index < -0.39 is 35.1 Å². The zero-order chi connectivity index (χ0) is 25.7. The number of rotatable bonds is 10. The van der Waals surface area contributed by atoms with E-state index in [0.29, 0.717) is 12.0 Å². The summed E-state index contributed by atoms with van der Waals surface area (Å²) in [5.74, 6) is -3.65. The second-order valence-corrected chi connectivity index (χ2v) is 8.90. The molecule has 8 heteroatoms. The number of ether oxygens (including phenoxy) is 1. The number of hydrogen-bond acceptors (Lipinski definition) is 4. The van der Waals surface area contributed by atoms with Gasteiger partial charge in [-0.05, 0) is 63.1 Å². The van der Waals surface area contributed by atoms with Crippen molar-refractivity contribution >= 4 is 17.4 Å². The molecular formula is C27H32F2N2O4. The molecule has 1 heterocycles. The largest absolute Gasteiger partial charge is 0.872 e. The van der Waals surface area contributed by atoms with Crippen LogP contribution in [-0.4, -0.2) is 48.9 Å². The fourth-order valence-corrected chi connectivity index (χ4v) is 4.34. The SMILES string of the molecule is CC[NH+](CC)CCCN1C(=O)C(=O)C(=C([O-])c2ccc(OC(C)C)c(F)c2)C1c1ccc(F)cc1. The Bertz CT molecular complexity index is 1090. The van der Waals surface area contributed by atoms with E-state index in [9.17, 15) is 23.5 Å². The van der Waals surface area contributed by atoms with Gasteiger partial charge in [0.05, 0.1) is 31.8 Å². The number of ketones is 1. The highest BCUT2D eigenvalue weighted by atomic mass is 19.1. The van der Waals surface area contributed by atoms with Crippen molar-refractivity contribution < 1.29 is 33.1 Å². The summed E-state index contributed by atoms with van der Waals surface area (Å²) in [7, 11) is 0. The molecule has 1 saturated heterocycles. The molecular weight excluding hydrogens is 454 g/mol. The number of amides is 1. The normalized spacial score (nSPS) is 17.6. The Balaban J connectivity index is 2.03. The van der Waals surface area contributed by atoms with Crippen LogP contribution in [0.15, 0.2) is 48.0 Å². The van der Waals surface area contributed by atoms with Crippen LogP contribution in [0.5, 0.6) is 5.75 Å². The zero-order valence-electron chi connectivity index (χ0n) is 20.6. The molecule has 35 heavy (non-hydrogen) atoms. The predicted octanol–water partition coefficient (Wildman–Crippen LogP) is 2.29. The van der Waals surface area contributed by atoms with Gasteiger partial charge in [0, 0.05) is 18.5 Å². The molecule has 0 aliphatic carbocycles. The van der Waals surface area contributed by atoms with Gasteiger partial charge in [-0.25, -0.2) is 8.78 Å². The molecule has 0 spiro atoms. The standard InChI is InChI=1S/C27H32F2N2O4/c1-5-30(6-2)14-7-15-31-24(18-8-11-20(28)12-9-18)23(26(33)27(31)34)25(32)19-10-13-22(21(29)16-19)35-17(3)4/h8-13,16-17,24,32H,5-7,14-15H2,1-4H3. The van der Waals surface area contributed by atoms with E-state index in [-0.39, 0.29) is 29.5 Å². The van der Waals surface area contributed by atoms with Crippen molar-refractivity contribution in [1.82, 2.24) is 4.90 Å². The third-order valence-corrected chi connectivity index (χ3v) is 6.20. The van der Waals surface area contributed by atoms with Crippen molar-refractivity contribution in [2.45, 2.75) is 46.3 Å². The summed E-state index contributed by atoms with van der Waals surface area (Å²) in [6, 6.07) is 8.12. The van der Waals surface area contributed by atoms with Crippen LogP contribution in [0.25, 0.3) is 5.76 Å². The molecule has 1 aliphatic rings. The minimum Gasteiger partial charge on any atom is -0.872 e. The summed E-state index contributed by atoms with van der Waals surface area (Å²) >= 11 is 0. The Labute approximate surface area is 204 Å². The Morgan fingerprint density at radius 1 is 1.09 bits per heavy atom. The molecule has 1 unspecified atom stereocenters. The number of carbonyl (C=O) groups is 2. The topological polar surface area (TPSA) is 74.1 Å². The highest BCUT2D eigenvalue weighted by Crippen LogP contribution is 2.39. The lowest BCUT2D eigenvalue weighted by Gasteiger charge is -2.28. The van der Waals surface area contributed by atoms with Crippen LogP contribution in [-0.2, 0) is 9.59 Å². The lowest BCUT2D eigenvalue weighted by molar-refractivity contribution is -0.896. The molecule has 1 fully saturated rings. The summed E-state index contributed by atoms with van der Waals surface area (Å²) in [4.78, 5) is 28.8. The number of nitrogens with zero attached hydrogens (tertiary/aromatic N) is 1. The van der Waals surface area contributed by atoms with E-state index in [1.807, 2.05) is 0 Å². The van der Waals surface area contributed by atoms with Crippen LogP contribution >= 0.6 is 0 Å². The van der Waals surface area contributed by atoms with Gasteiger partial charge in [0.1, 0.15) is 5.82 Å². The van der Waals surface area contributed by atoms with Crippen LogP contribution in [0, 0.1) is 11.6 Å². The summed E-state index contributed by atoms with van der Waals surface area (Å²) in [5.41, 5.74) is 0.134. The molecule has 1 aliphatic heterocycles. The van der Waals surface area contributed by atoms with Crippen molar-refractivity contribution in [1.29, 1.82) is 0 Å². The van der Waals surface area contributed by atoms with Crippen LogP contribution in [0.3, 0.4) is 0 Å². The number of likely N-dealkylation sites (tertiary alicyclic amines) is 1. The van der Waals surface area contributed by atoms with Crippen LogP contribution in [0.2, 0.25) is 0 Å². The summed E-state index contributed by atoms with van der Waals surface area (Å²) in [6.07, 6.45) is 0.370. The summed E-state index contributed by atoms with van der Waals surface area (Å²) in [5, 5.41) is 13.4. The third-order valence-electron chi connectivity index (χ3n) is 6.20. The third kappa shape index (κ3) is 5.88. The number of hydrogen-bond donors (Lipinski definition) is 1. The molecule has 1 amide bonds. The second-order valence-electron chi connectivity index (χ2n) is 8.90. The average Bonchev–Trinajstić information content (AvgIpc) is 3.08. The molecule has 0 radical (unpaired) electrons. The molecule has 1 N–H and O–H groups in total. The molecule has 2 aromatic carbocycles. The minimum atomic E-state index is -0.968. The lowest BCUT2D eigenvalue weighted by atomic mass is 9.95. The average molecular weight is 487 g/mol. The monoisotopic (exact) mass is 486 g/mol. The number of benzene rings is 2. The molecule has 2 aromatic rings. The predicted molar refractivity (Wildman–Crippen MR) is 126 cm³/mol. The van der Waals surface area contributed by atoms with E-state index in [1.54, 1.807) is 13.8 Å². The van der Waals surface area contributed by atoms with Crippen LogP contribution in [0.4, 0.5) is 8.78 Å². The maximum atomic E-state index is 14.6. The van der Waals surface area contributed by atoms with Gasteiger partial charge in [-0.15, -0.1) is 0 Å². The summed E-state index contributed by atoms with van der Waals surface area (Å²) < 4.78 is 33.6. The molecule has 0 aromatic heterocycles. The molecule has 6 nitrogen and oxygen atoms in total. The van der Waals surface area contributed by atoms with Crippen molar-refractivity contribution in [2.24, 2.45) is 0 Å². The smallest absolute Gasteiger partial charge is 0.295 e. The van der Waals surface area contributed by atoms with Gasteiger partial charge in [0.2, 0.25) is 5.78 Å². The van der Waals surface area contributed by atoms with Gasteiger partial charge in [0.15, 0.2) is 11.6 Å². The van der Waals surface area contributed by atoms with Crippen LogP contribution in [0.1, 0.15) is 51.3 Å². The molecule has 1 atom stereocenters. The first-order chi connectivity index (χ1) is 16.7. The van der Waals surface area contributed by atoms with Crippen molar-refractivity contribution in [2.75, 3.05) is 26.2 Å². The highest BCUT2D eigenvalue weighted by molar-refractivity contribution is 6.46. The van der Waals surface area contributed by atoms with Gasteiger partial charge in [-0.3, -0.25) is 9.59 Å². The first-order valence-corrected chi connectivity index (χ1v) is 12.0. The van der Waals surface area contributed by atoms with Crippen molar-refractivity contribution in [3.63, 3.8) is 0 Å². The van der Waals surface area contributed by atoms with Gasteiger partial charge in [0.25, 0.3) is 5.91 Å². The van der Waals surface area contributed by atoms with E-state index in [1.165, 1.54) is 46.2 Å². The highest BCUT2D eigenvalue weighted by Gasteiger charge is 2.44. The van der Waals surface area contributed by atoms with Gasteiger partial charge < -0.3 is 19.6 Å². The number of carbonyl (C=O) groups excluding carboxylic acids is 2. The second kappa shape index (κ2) is 11.4. The number of quaternary nitrogens is 1. The first kappa shape index (κ1) is 26.3. The summed E-state index contributed by atoms with van der Waals surface area (Å²) in [6.45, 7) is 10.6. The molecule has 3 rings (SSSR count). The van der Waals surface area contributed by atoms with E-state index in [4.69, 9.17) is 4.74 Å². The van der Waals surface area contributed by atoms with Gasteiger partial charge in [-0.2, -0.15) is 0 Å². The van der Waals surface area contributed by atoms with E-state index >= 15 is 0 Å². The zero-order valence-corrected chi connectivity index (χ0v) is 20.6. The Hall–Kier alpha value is -3.26. The number of nitrogens with one attached hydrogen (secondary N) is 1. The Morgan fingerprint density at radius 2 is 1.74 bits per heavy atom.